The van der Waals surface area contributed by atoms with Gasteiger partial charge in [-0.3, -0.25) is 9.69 Å². The first-order chi connectivity index (χ1) is 6.72. The van der Waals surface area contributed by atoms with Crippen LogP contribution in [0.15, 0.2) is 11.6 Å². The number of carbonyl (C=O) groups is 1. The van der Waals surface area contributed by atoms with E-state index in [1.54, 1.807) is 0 Å². The molecule has 0 aliphatic carbocycles. The summed E-state index contributed by atoms with van der Waals surface area (Å²) < 4.78 is 0. The van der Waals surface area contributed by atoms with Crippen molar-refractivity contribution in [1.82, 2.24) is 4.90 Å². The Labute approximate surface area is 85.4 Å². The van der Waals surface area contributed by atoms with Crippen molar-refractivity contribution in [2.24, 2.45) is 0 Å². The van der Waals surface area contributed by atoms with Crippen LogP contribution in [0.3, 0.4) is 0 Å². The fraction of sp³-hybridized carbons (Fsp3) is 0.727. The average Bonchev–Trinajstić information content (AvgIpc) is 2.18. The number of hydrogen-bond donors (Lipinski definition) is 1. The Balaban J connectivity index is 2.23. The van der Waals surface area contributed by atoms with Crippen molar-refractivity contribution in [2.45, 2.75) is 32.6 Å². The van der Waals surface area contributed by atoms with Crippen molar-refractivity contribution in [1.29, 1.82) is 0 Å². The van der Waals surface area contributed by atoms with E-state index in [1.807, 2.05) is 0 Å². The molecule has 3 heteroatoms. The fourth-order valence-electron chi connectivity index (χ4n) is 1.80. The van der Waals surface area contributed by atoms with E-state index in [0.717, 1.165) is 38.9 Å². The zero-order valence-corrected chi connectivity index (χ0v) is 8.83. The highest BCUT2D eigenvalue weighted by Crippen LogP contribution is 2.15. The Morgan fingerprint density at radius 2 is 2.43 bits per heavy atom. The third-order valence-electron chi connectivity index (χ3n) is 2.64. The maximum absolute atomic E-state index is 10.3. The van der Waals surface area contributed by atoms with Crippen LogP contribution >= 0.6 is 0 Å². The quantitative estimate of drug-likeness (QED) is 0.684. The molecule has 0 saturated carbocycles. The molecule has 80 valence electrons. The molecule has 1 aliphatic heterocycles. The third-order valence-corrected chi connectivity index (χ3v) is 2.64. The van der Waals surface area contributed by atoms with E-state index in [9.17, 15) is 4.79 Å². The van der Waals surface area contributed by atoms with E-state index >= 15 is 0 Å². The molecule has 0 aromatic carbocycles. The van der Waals surface area contributed by atoms with E-state index in [1.165, 1.54) is 5.57 Å². The van der Waals surface area contributed by atoms with Gasteiger partial charge in [-0.05, 0) is 25.8 Å². The van der Waals surface area contributed by atoms with Crippen LogP contribution in [0, 0.1) is 0 Å². The summed E-state index contributed by atoms with van der Waals surface area (Å²) in [5, 5.41) is 8.51. The van der Waals surface area contributed by atoms with E-state index in [-0.39, 0.29) is 0 Å². The van der Waals surface area contributed by atoms with Gasteiger partial charge in [0.2, 0.25) is 0 Å². The Morgan fingerprint density at radius 3 is 3.07 bits per heavy atom. The minimum atomic E-state index is -0.686. The van der Waals surface area contributed by atoms with E-state index in [2.05, 4.69) is 17.9 Å². The van der Waals surface area contributed by atoms with Crippen LogP contribution in [-0.2, 0) is 4.79 Å². The zero-order chi connectivity index (χ0) is 10.4. The SMILES string of the molecule is CCN1CCC=C(CCCC(=O)O)C1. The first-order valence-electron chi connectivity index (χ1n) is 5.34. The lowest BCUT2D eigenvalue weighted by molar-refractivity contribution is -0.137. The van der Waals surface area contributed by atoms with Crippen LogP contribution in [0.4, 0.5) is 0 Å². The summed E-state index contributed by atoms with van der Waals surface area (Å²) in [4.78, 5) is 12.7. The number of carboxylic acids is 1. The second-order valence-corrected chi connectivity index (χ2v) is 3.77. The second kappa shape index (κ2) is 5.81. The summed E-state index contributed by atoms with van der Waals surface area (Å²) in [6, 6.07) is 0. The molecule has 0 aromatic heterocycles. The minimum absolute atomic E-state index is 0.295. The Bertz CT molecular complexity index is 223. The Kier molecular flexibility index (Phi) is 4.66. The summed E-state index contributed by atoms with van der Waals surface area (Å²) >= 11 is 0. The summed E-state index contributed by atoms with van der Waals surface area (Å²) in [5.41, 5.74) is 1.42. The van der Waals surface area contributed by atoms with Crippen LogP contribution in [0.1, 0.15) is 32.6 Å². The van der Waals surface area contributed by atoms with Crippen molar-refractivity contribution in [3.8, 4) is 0 Å². The molecule has 0 radical (unpaired) electrons. The molecular formula is C11H19NO2. The van der Waals surface area contributed by atoms with Gasteiger partial charge in [0.1, 0.15) is 0 Å². The van der Waals surface area contributed by atoms with Crippen molar-refractivity contribution in [3.63, 3.8) is 0 Å². The van der Waals surface area contributed by atoms with Gasteiger partial charge >= 0.3 is 5.97 Å². The molecule has 0 bridgehead atoms. The Morgan fingerprint density at radius 1 is 1.64 bits per heavy atom. The predicted octanol–water partition coefficient (Wildman–Crippen LogP) is 1.89. The fourth-order valence-corrected chi connectivity index (χ4v) is 1.80. The van der Waals surface area contributed by atoms with Gasteiger partial charge in [-0.25, -0.2) is 0 Å². The molecule has 1 aliphatic rings. The van der Waals surface area contributed by atoms with Crippen molar-refractivity contribution >= 4 is 5.97 Å². The number of hydrogen-bond acceptors (Lipinski definition) is 2. The van der Waals surface area contributed by atoms with Gasteiger partial charge in [0.25, 0.3) is 0 Å². The van der Waals surface area contributed by atoms with E-state index in [4.69, 9.17) is 5.11 Å². The molecule has 3 nitrogen and oxygen atoms in total. The predicted molar refractivity (Wildman–Crippen MR) is 56.3 cm³/mol. The highest BCUT2D eigenvalue weighted by molar-refractivity contribution is 5.66. The monoisotopic (exact) mass is 197 g/mol. The molecule has 0 fully saturated rings. The molecule has 0 spiro atoms. The first kappa shape index (κ1) is 11.2. The lowest BCUT2D eigenvalue weighted by atomic mass is 10.0. The molecular weight excluding hydrogens is 178 g/mol. The van der Waals surface area contributed by atoms with Gasteiger partial charge in [-0.1, -0.05) is 18.6 Å². The molecule has 1 heterocycles. The maximum Gasteiger partial charge on any atom is 0.303 e. The highest BCUT2D eigenvalue weighted by atomic mass is 16.4. The molecule has 14 heavy (non-hydrogen) atoms. The second-order valence-electron chi connectivity index (χ2n) is 3.77. The van der Waals surface area contributed by atoms with Crippen LogP contribution in [0.2, 0.25) is 0 Å². The smallest absolute Gasteiger partial charge is 0.303 e. The number of nitrogens with zero attached hydrogens (tertiary/aromatic N) is 1. The molecule has 1 rings (SSSR count). The van der Waals surface area contributed by atoms with Crippen LogP contribution in [0.25, 0.3) is 0 Å². The summed E-state index contributed by atoms with van der Waals surface area (Å²) in [5.74, 6) is -0.686. The minimum Gasteiger partial charge on any atom is -0.481 e. The van der Waals surface area contributed by atoms with Crippen molar-refractivity contribution < 1.29 is 9.90 Å². The average molecular weight is 197 g/mol. The number of likely N-dealkylation sites (N-methyl/N-ethyl adjacent to an activating group) is 1. The van der Waals surface area contributed by atoms with E-state index in [0.29, 0.717) is 6.42 Å². The molecule has 0 saturated heterocycles. The van der Waals surface area contributed by atoms with E-state index < -0.39 is 5.97 Å². The highest BCUT2D eigenvalue weighted by Gasteiger charge is 2.10. The van der Waals surface area contributed by atoms with Gasteiger partial charge in [0, 0.05) is 19.5 Å². The zero-order valence-electron chi connectivity index (χ0n) is 8.83. The summed E-state index contributed by atoms with van der Waals surface area (Å²) in [7, 11) is 0. The topological polar surface area (TPSA) is 40.5 Å². The molecule has 0 atom stereocenters. The molecule has 0 amide bonds. The lowest BCUT2D eigenvalue weighted by Crippen LogP contribution is -2.29. The normalized spacial score (nSPS) is 17.9. The van der Waals surface area contributed by atoms with Crippen molar-refractivity contribution in [2.75, 3.05) is 19.6 Å². The van der Waals surface area contributed by atoms with Crippen LogP contribution in [0.5, 0.6) is 0 Å². The van der Waals surface area contributed by atoms with Gasteiger partial charge < -0.3 is 5.11 Å². The van der Waals surface area contributed by atoms with Gasteiger partial charge in [0.15, 0.2) is 0 Å². The van der Waals surface area contributed by atoms with Gasteiger partial charge in [-0.15, -0.1) is 0 Å². The molecule has 0 unspecified atom stereocenters. The largest absolute Gasteiger partial charge is 0.481 e. The van der Waals surface area contributed by atoms with Gasteiger partial charge in [-0.2, -0.15) is 0 Å². The third kappa shape index (κ3) is 3.92. The number of carboxylic acid groups (broad SMARTS) is 1. The summed E-state index contributed by atoms with van der Waals surface area (Å²) in [6.07, 6.45) is 5.41. The standard InChI is InChI=1S/C11H19NO2/c1-2-12-8-4-6-10(9-12)5-3-7-11(13)14/h6H,2-5,7-9H2,1H3,(H,13,14). The Hall–Kier alpha value is -0.830. The van der Waals surface area contributed by atoms with Gasteiger partial charge in [0.05, 0.1) is 0 Å². The molecule has 1 N–H and O–H groups in total. The molecule has 0 aromatic rings. The number of aliphatic carboxylic acids is 1. The van der Waals surface area contributed by atoms with Crippen LogP contribution < -0.4 is 0 Å². The maximum atomic E-state index is 10.3. The lowest BCUT2D eigenvalue weighted by Gasteiger charge is -2.25. The van der Waals surface area contributed by atoms with Crippen molar-refractivity contribution in [3.05, 3.63) is 11.6 Å². The van der Waals surface area contributed by atoms with Crippen LogP contribution in [-0.4, -0.2) is 35.6 Å². The first-order valence-corrected chi connectivity index (χ1v) is 5.34. The summed E-state index contributed by atoms with van der Waals surface area (Å²) in [6.45, 7) is 5.45. The number of rotatable bonds is 5.